The second-order valence-corrected chi connectivity index (χ2v) is 2.76. The van der Waals surface area contributed by atoms with Gasteiger partial charge in [-0.1, -0.05) is 29.8 Å². The van der Waals surface area contributed by atoms with E-state index in [1.807, 2.05) is 31.2 Å². The highest BCUT2D eigenvalue weighted by atomic mass is 16.2. The Hall–Kier alpha value is -1.35. The number of quaternary nitrogens is 1. The molecule has 4 N–H and O–H groups in total. The van der Waals surface area contributed by atoms with Crippen molar-refractivity contribution in [2.75, 3.05) is 0 Å². The topological polar surface area (TPSA) is 56.7 Å². The van der Waals surface area contributed by atoms with Crippen molar-refractivity contribution in [2.45, 2.75) is 13.3 Å². The molecule has 1 amide bonds. The highest BCUT2D eigenvalue weighted by molar-refractivity contribution is 5.77. The average molecular weight is 165 g/mol. The van der Waals surface area contributed by atoms with Gasteiger partial charge >= 0.3 is 0 Å². The van der Waals surface area contributed by atoms with Crippen LogP contribution in [-0.2, 0) is 11.2 Å². The molecule has 12 heavy (non-hydrogen) atoms. The SMILES string of the molecule is Cc1ccc(CC(=O)N[NH3+])cc1. The summed E-state index contributed by atoms with van der Waals surface area (Å²) in [5.74, 6) is 3.24. The van der Waals surface area contributed by atoms with E-state index in [1.165, 1.54) is 5.56 Å². The number of carbonyl (C=O) groups excluding carboxylic acids is 1. The lowest BCUT2D eigenvalue weighted by atomic mass is 10.1. The van der Waals surface area contributed by atoms with Crippen LogP contribution in [-0.4, -0.2) is 5.91 Å². The number of nitrogens with one attached hydrogen (secondary N) is 1. The van der Waals surface area contributed by atoms with E-state index in [1.54, 1.807) is 0 Å². The predicted octanol–water partition coefficient (Wildman–Crippen LogP) is -0.189. The highest BCUT2D eigenvalue weighted by Gasteiger charge is 2.00. The molecule has 0 aliphatic rings. The molecule has 0 atom stereocenters. The standard InChI is InChI=1S/C9H12N2O/c1-7-2-4-8(5-3-7)6-9(12)11-10/h2-5H,6,10H2,1H3,(H,11,12)/p+1. The summed E-state index contributed by atoms with van der Waals surface area (Å²) in [5.41, 5.74) is 4.56. The van der Waals surface area contributed by atoms with Crippen LogP contribution in [0.15, 0.2) is 24.3 Å². The largest absolute Gasteiger partial charge is 0.270 e. The van der Waals surface area contributed by atoms with E-state index in [9.17, 15) is 4.79 Å². The summed E-state index contributed by atoms with van der Waals surface area (Å²) in [7, 11) is 0. The van der Waals surface area contributed by atoms with Crippen molar-refractivity contribution < 1.29 is 10.6 Å². The van der Waals surface area contributed by atoms with E-state index in [2.05, 4.69) is 11.3 Å². The maximum atomic E-state index is 10.9. The quantitative estimate of drug-likeness (QED) is 0.586. The molecule has 0 saturated carbocycles. The molecular formula is C9H13N2O+. The molecule has 3 heteroatoms. The van der Waals surface area contributed by atoms with Crippen molar-refractivity contribution in [1.82, 2.24) is 5.43 Å². The van der Waals surface area contributed by atoms with Gasteiger partial charge in [-0.3, -0.25) is 10.6 Å². The van der Waals surface area contributed by atoms with Crippen molar-refractivity contribution >= 4 is 5.91 Å². The van der Waals surface area contributed by atoms with Crippen LogP contribution in [0.5, 0.6) is 0 Å². The molecule has 0 aromatic heterocycles. The molecule has 0 saturated heterocycles. The minimum atomic E-state index is -0.0566. The van der Waals surface area contributed by atoms with Crippen LogP contribution in [0.3, 0.4) is 0 Å². The summed E-state index contributed by atoms with van der Waals surface area (Å²) in [6, 6.07) is 7.88. The van der Waals surface area contributed by atoms with Crippen LogP contribution >= 0.6 is 0 Å². The molecule has 0 aliphatic heterocycles. The number of hydrogen-bond donors (Lipinski definition) is 2. The van der Waals surface area contributed by atoms with Crippen LogP contribution in [0.1, 0.15) is 11.1 Å². The average Bonchev–Trinajstić information content (AvgIpc) is 2.09. The van der Waals surface area contributed by atoms with Crippen LogP contribution in [0.25, 0.3) is 0 Å². The van der Waals surface area contributed by atoms with Crippen molar-refractivity contribution in [1.29, 1.82) is 0 Å². The lowest BCUT2D eigenvalue weighted by Gasteiger charge is -1.98. The van der Waals surface area contributed by atoms with Gasteiger partial charge in [-0.25, -0.2) is 5.43 Å². The first kappa shape index (κ1) is 8.74. The lowest BCUT2D eigenvalue weighted by Crippen LogP contribution is -2.67. The van der Waals surface area contributed by atoms with Gasteiger partial charge in [0.05, 0.1) is 6.42 Å². The van der Waals surface area contributed by atoms with E-state index < -0.39 is 0 Å². The van der Waals surface area contributed by atoms with Gasteiger partial charge in [-0.05, 0) is 12.5 Å². The van der Waals surface area contributed by atoms with Gasteiger partial charge in [0.1, 0.15) is 0 Å². The molecule has 0 fully saturated rings. The molecule has 0 unspecified atom stereocenters. The van der Waals surface area contributed by atoms with E-state index in [4.69, 9.17) is 0 Å². The molecule has 1 rings (SSSR count). The molecule has 3 nitrogen and oxygen atoms in total. The van der Waals surface area contributed by atoms with Gasteiger partial charge in [0, 0.05) is 0 Å². The highest BCUT2D eigenvalue weighted by Crippen LogP contribution is 2.03. The first-order chi connectivity index (χ1) is 5.72. The molecule has 1 aromatic rings. The Labute approximate surface area is 71.5 Å². The van der Waals surface area contributed by atoms with Gasteiger partial charge in [0.15, 0.2) is 0 Å². The molecule has 0 aliphatic carbocycles. The van der Waals surface area contributed by atoms with Gasteiger partial charge in [-0.15, -0.1) is 0 Å². The Morgan fingerprint density at radius 3 is 2.50 bits per heavy atom. The number of rotatable bonds is 2. The molecular weight excluding hydrogens is 152 g/mol. The number of hydrogen-bond acceptors (Lipinski definition) is 1. The fourth-order valence-electron chi connectivity index (χ4n) is 0.954. The summed E-state index contributed by atoms with van der Waals surface area (Å²) in [6.45, 7) is 2.02. The summed E-state index contributed by atoms with van der Waals surface area (Å²) in [4.78, 5) is 10.9. The fraction of sp³-hybridized carbons (Fsp3) is 0.222. The smallest absolute Gasteiger partial charge is 0.269 e. The summed E-state index contributed by atoms with van der Waals surface area (Å²) in [6.07, 6.45) is 0.407. The van der Waals surface area contributed by atoms with Crippen molar-refractivity contribution in [3.8, 4) is 0 Å². The summed E-state index contributed by atoms with van der Waals surface area (Å²) < 4.78 is 0. The minimum Gasteiger partial charge on any atom is -0.270 e. The monoisotopic (exact) mass is 165 g/mol. The normalized spacial score (nSPS) is 9.50. The number of carbonyl (C=O) groups is 1. The predicted molar refractivity (Wildman–Crippen MR) is 45.9 cm³/mol. The van der Waals surface area contributed by atoms with Gasteiger partial charge < -0.3 is 0 Å². The molecule has 64 valence electrons. The second kappa shape index (κ2) is 3.88. The first-order valence-electron chi connectivity index (χ1n) is 3.84. The Morgan fingerprint density at radius 1 is 1.42 bits per heavy atom. The maximum Gasteiger partial charge on any atom is 0.269 e. The molecule has 0 spiro atoms. The Balaban J connectivity index is 2.64. The minimum absolute atomic E-state index is 0.0566. The summed E-state index contributed by atoms with van der Waals surface area (Å²) >= 11 is 0. The first-order valence-corrected chi connectivity index (χ1v) is 3.84. The van der Waals surface area contributed by atoms with Gasteiger partial charge in [0.2, 0.25) is 0 Å². The summed E-state index contributed by atoms with van der Waals surface area (Å²) in [5, 5.41) is 0. The van der Waals surface area contributed by atoms with Crippen molar-refractivity contribution in [2.24, 2.45) is 0 Å². The third-order valence-electron chi connectivity index (χ3n) is 1.68. The van der Waals surface area contributed by atoms with Crippen LogP contribution < -0.4 is 11.3 Å². The fourth-order valence-corrected chi connectivity index (χ4v) is 0.954. The second-order valence-electron chi connectivity index (χ2n) is 2.76. The number of benzene rings is 1. The number of amides is 1. The lowest BCUT2D eigenvalue weighted by molar-refractivity contribution is -0.427. The third kappa shape index (κ3) is 2.36. The van der Waals surface area contributed by atoms with Crippen LogP contribution in [0, 0.1) is 6.92 Å². The van der Waals surface area contributed by atoms with Crippen molar-refractivity contribution in [3.63, 3.8) is 0 Å². The number of aryl methyl sites for hydroxylation is 1. The van der Waals surface area contributed by atoms with Gasteiger partial charge in [-0.2, -0.15) is 0 Å². The Bertz CT molecular complexity index is 266. The Kier molecular flexibility index (Phi) is 2.82. The zero-order valence-corrected chi connectivity index (χ0v) is 7.13. The van der Waals surface area contributed by atoms with E-state index in [-0.39, 0.29) is 5.91 Å². The van der Waals surface area contributed by atoms with Crippen LogP contribution in [0.4, 0.5) is 0 Å². The van der Waals surface area contributed by atoms with E-state index in [0.717, 1.165) is 5.56 Å². The van der Waals surface area contributed by atoms with E-state index >= 15 is 0 Å². The Morgan fingerprint density at radius 2 is 2.00 bits per heavy atom. The third-order valence-corrected chi connectivity index (χ3v) is 1.68. The molecule has 0 heterocycles. The zero-order chi connectivity index (χ0) is 8.97. The molecule has 0 radical (unpaired) electrons. The maximum absolute atomic E-state index is 10.9. The van der Waals surface area contributed by atoms with E-state index in [0.29, 0.717) is 6.42 Å². The van der Waals surface area contributed by atoms with Gasteiger partial charge in [0.25, 0.3) is 5.91 Å². The van der Waals surface area contributed by atoms with Crippen LogP contribution in [0.2, 0.25) is 0 Å². The van der Waals surface area contributed by atoms with Crippen molar-refractivity contribution in [3.05, 3.63) is 35.4 Å². The molecule has 0 bridgehead atoms. The zero-order valence-electron chi connectivity index (χ0n) is 7.13. The molecule has 1 aromatic carbocycles.